The SMILES string of the molecule is CNC(=O)CC(C)N(C)C(=O)c1c(C)oc2ccc(OCc3ccccc3)cc12. The predicted octanol–water partition coefficient (Wildman–Crippen LogP) is 3.92. The minimum Gasteiger partial charge on any atom is -0.489 e. The van der Waals surface area contributed by atoms with E-state index in [2.05, 4.69) is 5.32 Å². The van der Waals surface area contributed by atoms with Crippen molar-refractivity contribution in [2.24, 2.45) is 0 Å². The van der Waals surface area contributed by atoms with Gasteiger partial charge in [-0.25, -0.2) is 0 Å². The summed E-state index contributed by atoms with van der Waals surface area (Å²) in [6, 6.07) is 15.1. The van der Waals surface area contributed by atoms with Crippen molar-refractivity contribution >= 4 is 22.8 Å². The molecule has 0 radical (unpaired) electrons. The molecule has 1 atom stereocenters. The molecule has 0 saturated heterocycles. The molecule has 29 heavy (non-hydrogen) atoms. The van der Waals surface area contributed by atoms with Crippen LogP contribution in [0.15, 0.2) is 52.9 Å². The number of aryl methyl sites for hydroxylation is 1. The first-order valence-electron chi connectivity index (χ1n) is 9.58. The van der Waals surface area contributed by atoms with Crippen molar-refractivity contribution in [3.8, 4) is 5.75 Å². The lowest BCUT2D eigenvalue weighted by Gasteiger charge is -2.24. The summed E-state index contributed by atoms with van der Waals surface area (Å²) in [6.45, 7) is 4.06. The summed E-state index contributed by atoms with van der Waals surface area (Å²) in [5, 5.41) is 3.29. The number of rotatable bonds is 7. The third kappa shape index (κ3) is 4.59. The Morgan fingerprint density at radius 1 is 1.17 bits per heavy atom. The number of hydrogen-bond acceptors (Lipinski definition) is 4. The molecule has 0 aliphatic rings. The van der Waals surface area contributed by atoms with Crippen LogP contribution in [-0.2, 0) is 11.4 Å². The zero-order valence-corrected chi connectivity index (χ0v) is 17.2. The van der Waals surface area contributed by atoms with E-state index in [9.17, 15) is 9.59 Å². The largest absolute Gasteiger partial charge is 0.489 e. The van der Waals surface area contributed by atoms with E-state index in [-0.39, 0.29) is 24.3 Å². The quantitative estimate of drug-likeness (QED) is 0.659. The topological polar surface area (TPSA) is 71.8 Å². The van der Waals surface area contributed by atoms with E-state index in [0.29, 0.717) is 34.6 Å². The fourth-order valence-corrected chi connectivity index (χ4v) is 3.18. The summed E-state index contributed by atoms with van der Waals surface area (Å²) < 4.78 is 11.7. The second-order valence-electron chi connectivity index (χ2n) is 7.11. The van der Waals surface area contributed by atoms with Gasteiger partial charge in [0.2, 0.25) is 5.91 Å². The van der Waals surface area contributed by atoms with Crippen molar-refractivity contribution in [2.75, 3.05) is 14.1 Å². The van der Waals surface area contributed by atoms with E-state index in [1.807, 2.05) is 55.5 Å². The van der Waals surface area contributed by atoms with Crippen LogP contribution in [0.1, 0.15) is 35.0 Å². The van der Waals surface area contributed by atoms with Crippen molar-refractivity contribution in [1.29, 1.82) is 0 Å². The summed E-state index contributed by atoms with van der Waals surface area (Å²) in [7, 11) is 3.28. The molecule has 152 valence electrons. The number of fused-ring (bicyclic) bond motifs is 1. The maximum Gasteiger partial charge on any atom is 0.258 e. The molecule has 1 N–H and O–H groups in total. The van der Waals surface area contributed by atoms with Gasteiger partial charge in [0.25, 0.3) is 5.91 Å². The highest BCUT2D eigenvalue weighted by atomic mass is 16.5. The van der Waals surface area contributed by atoms with Crippen LogP contribution in [0.3, 0.4) is 0 Å². The predicted molar refractivity (Wildman–Crippen MR) is 112 cm³/mol. The highest BCUT2D eigenvalue weighted by Crippen LogP contribution is 2.30. The molecular formula is C23H26N2O4. The van der Waals surface area contributed by atoms with E-state index < -0.39 is 0 Å². The summed E-state index contributed by atoms with van der Waals surface area (Å²) in [4.78, 5) is 26.4. The van der Waals surface area contributed by atoms with E-state index in [4.69, 9.17) is 9.15 Å². The van der Waals surface area contributed by atoms with Crippen LogP contribution in [0.5, 0.6) is 5.75 Å². The lowest BCUT2D eigenvalue weighted by Crippen LogP contribution is -2.38. The number of ether oxygens (including phenoxy) is 1. The smallest absolute Gasteiger partial charge is 0.258 e. The van der Waals surface area contributed by atoms with E-state index >= 15 is 0 Å². The van der Waals surface area contributed by atoms with Crippen LogP contribution in [-0.4, -0.2) is 36.9 Å². The minimum absolute atomic E-state index is 0.109. The molecule has 1 heterocycles. The number of nitrogens with one attached hydrogen (secondary N) is 1. The normalized spacial score (nSPS) is 11.9. The molecular weight excluding hydrogens is 368 g/mol. The van der Waals surface area contributed by atoms with Gasteiger partial charge in [-0.2, -0.15) is 0 Å². The van der Waals surface area contributed by atoms with Gasteiger partial charge in [0.15, 0.2) is 0 Å². The van der Waals surface area contributed by atoms with Crippen molar-refractivity contribution in [1.82, 2.24) is 10.2 Å². The van der Waals surface area contributed by atoms with E-state index in [1.54, 1.807) is 25.9 Å². The molecule has 0 spiro atoms. The second kappa shape index (κ2) is 8.82. The van der Waals surface area contributed by atoms with Crippen LogP contribution in [0.4, 0.5) is 0 Å². The maximum atomic E-state index is 13.1. The van der Waals surface area contributed by atoms with Crippen LogP contribution >= 0.6 is 0 Å². The van der Waals surface area contributed by atoms with E-state index in [1.165, 1.54) is 0 Å². The molecule has 6 nitrogen and oxygen atoms in total. The Labute approximate surface area is 170 Å². The highest BCUT2D eigenvalue weighted by molar-refractivity contribution is 6.07. The van der Waals surface area contributed by atoms with Gasteiger partial charge in [0.1, 0.15) is 23.7 Å². The maximum absolute atomic E-state index is 13.1. The van der Waals surface area contributed by atoms with Crippen LogP contribution < -0.4 is 10.1 Å². The Morgan fingerprint density at radius 3 is 2.59 bits per heavy atom. The number of hydrogen-bond donors (Lipinski definition) is 1. The monoisotopic (exact) mass is 394 g/mol. The molecule has 3 aromatic rings. The average molecular weight is 394 g/mol. The zero-order chi connectivity index (χ0) is 21.0. The Hall–Kier alpha value is -3.28. The fraction of sp³-hybridized carbons (Fsp3) is 0.304. The van der Waals surface area contributed by atoms with Gasteiger partial charge in [-0.05, 0) is 37.6 Å². The molecule has 6 heteroatoms. The van der Waals surface area contributed by atoms with Crippen molar-refractivity contribution < 1.29 is 18.7 Å². The molecule has 0 saturated carbocycles. The summed E-state index contributed by atoms with van der Waals surface area (Å²) in [6.07, 6.45) is 0.235. The standard InChI is InChI=1S/C23H26N2O4/c1-15(12-21(26)24-3)25(4)23(27)22-16(2)29-20-11-10-18(13-19(20)22)28-14-17-8-6-5-7-9-17/h5-11,13,15H,12,14H2,1-4H3,(H,24,26). The summed E-state index contributed by atoms with van der Waals surface area (Å²) in [5.74, 6) is 0.918. The van der Waals surface area contributed by atoms with Crippen LogP contribution in [0.2, 0.25) is 0 Å². The number of nitrogens with zero attached hydrogens (tertiary/aromatic N) is 1. The Morgan fingerprint density at radius 2 is 1.90 bits per heavy atom. The van der Waals surface area contributed by atoms with E-state index in [0.717, 1.165) is 5.56 Å². The minimum atomic E-state index is -0.246. The summed E-state index contributed by atoms with van der Waals surface area (Å²) >= 11 is 0. The Bertz CT molecular complexity index is 1010. The van der Waals surface area contributed by atoms with Crippen molar-refractivity contribution in [3.05, 3.63) is 65.4 Å². The third-order valence-electron chi connectivity index (χ3n) is 5.04. The van der Waals surface area contributed by atoms with Gasteiger partial charge >= 0.3 is 0 Å². The van der Waals surface area contributed by atoms with Crippen LogP contribution in [0.25, 0.3) is 11.0 Å². The first kappa shape index (κ1) is 20.5. The van der Waals surface area contributed by atoms with Gasteiger partial charge in [0.05, 0.1) is 5.56 Å². The van der Waals surface area contributed by atoms with Crippen molar-refractivity contribution in [3.63, 3.8) is 0 Å². The van der Waals surface area contributed by atoms with Crippen LogP contribution in [0, 0.1) is 6.92 Å². The fourth-order valence-electron chi connectivity index (χ4n) is 3.18. The number of benzene rings is 2. The average Bonchev–Trinajstić information content (AvgIpc) is 3.06. The summed E-state index contributed by atoms with van der Waals surface area (Å²) in [5.41, 5.74) is 2.19. The van der Waals surface area contributed by atoms with Gasteiger partial charge < -0.3 is 19.4 Å². The molecule has 0 aliphatic heterocycles. The zero-order valence-electron chi connectivity index (χ0n) is 17.2. The van der Waals surface area contributed by atoms with Gasteiger partial charge in [-0.3, -0.25) is 9.59 Å². The first-order chi connectivity index (χ1) is 13.9. The number of carbonyl (C=O) groups excluding carboxylic acids is 2. The van der Waals surface area contributed by atoms with Gasteiger partial charge in [-0.15, -0.1) is 0 Å². The lowest BCUT2D eigenvalue weighted by atomic mass is 10.1. The molecule has 3 rings (SSSR count). The lowest BCUT2D eigenvalue weighted by molar-refractivity contribution is -0.121. The molecule has 1 aromatic heterocycles. The molecule has 1 unspecified atom stereocenters. The number of amides is 2. The molecule has 0 aliphatic carbocycles. The Balaban J connectivity index is 1.84. The number of carbonyl (C=O) groups is 2. The van der Waals surface area contributed by atoms with Gasteiger partial charge in [-0.1, -0.05) is 30.3 Å². The molecule has 0 bridgehead atoms. The highest BCUT2D eigenvalue weighted by Gasteiger charge is 2.25. The van der Waals surface area contributed by atoms with Crippen molar-refractivity contribution in [2.45, 2.75) is 32.9 Å². The third-order valence-corrected chi connectivity index (χ3v) is 5.04. The Kier molecular flexibility index (Phi) is 6.22. The molecule has 0 fully saturated rings. The molecule has 2 aromatic carbocycles. The number of furan rings is 1. The second-order valence-corrected chi connectivity index (χ2v) is 7.11. The molecule has 2 amide bonds. The first-order valence-corrected chi connectivity index (χ1v) is 9.58. The van der Waals surface area contributed by atoms with Gasteiger partial charge in [0, 0.05) is 31.9 Å².